The number of hydrogen-bond donors (Lipinski definition) is 0. The van der Waals surface area contributed by atoms with E-state index in [0.29, 0.717) is 30.3 Å². The van der Waals surface area contributed by atoms with Gasteiger partial charge >= 0.3 is 0 Å². The van der Waals surface area contributed by atoms with Crippen molar-refractivity contribution in [2.24, 2.45) is 5.41 Å². The average Bonchev–Trinajstić information content (AvgIpc) is 3.28. The fourth-order valence-corrected chi connectivity index (χ4v) is 5.13. The number of carbonyl (C=O) groups excluding carboxylic acids is 2. The maximum absolute atomic E-state index is 13.3. The molecule has 1 saturated carbocycles. The van der Waals surface area contributed by atoms with Crippen LogP contribution >= 0.6 is 0 Å². The SMILES string of the molecule is Cc1cc(F)ccc1C(=O)N1CC[C@]2(CCCN(C3CCCC3)C2=O)C1. The molecule has 2 aliphatic heterocycles. The molecule has 5 heteroatoms. The van der Waals surface area contributed by atoms with Gasteiger partial charge in [0.1, 0.15) is 5.82 Å². The van der Waals surface area contributed by atoms with Crippen LogP contribution in [-0.4, -0.2) is 47.3 Å². The van der Waals surface area contributed by atoms with Gasteiger partial charge in [0.2, 0.25) is 5.91 Å². The lowest BCUT2D eigenvalue weighted by atomic mass is 9.77. The summed E-state index contributed by atoms with van der Waals surface area (Å²) in [7, 11) is 0. The van der Waals surface area contributed by atoms with Crippen LogP contribution < -0.4 is 0 Å². The van der Waals surface area contributed by atoms with E-state index in [-0.39, 0.29) is 17.6 Å². The van der Waals surface area contributed by atoms with E-state index in [0.717, 1.165) is 38.6 Å². The van der Waals surface area contributed by atoms with Crippen LogP contribution in [0.1, 0.15) is 60.9 Å². The fourth-order valence-electron chi connectivity index (χ4n) is 5.13. The first kappa shape index (κ1) is 17.5. The smallest absolute Gasteiger partial charge is 0.254 e. The van der Waals surface area contributed by atoms with Gasteiger partial charge < -0.3 is 9.80 Å². The Morgan fingerprint density at radius 1 is 1.15 bits per heavy atom. The molecule has 26 heavy (non-hydrogen) atoms. The van der Waals surface area contributed by atoms with Crippen LogP contribution in [0.15, 0.2) is 18.2 Å². The maximum atomic E-state index is 13.3. The Bertz CT molecular complexity index is 729. The third-order valence-corrected chi connectivity index (χ3v) is 6.59. The molecule has 0 N–H and O–H groups in total. The summed E-state index contributed by atoms with van der Waals surface area (Å²) in [6.07, 6.45) is 7.34. The summed E-state index contributed by atoms with van der Waals surface area (Å²) in [4.78, 5) is 30.1. The zero-order valence-corrected chi connectivity index (χ0v) is 15.5. The molecule has 0 unspecified atom stereocenters. The van der Waals surface area contributed by atoms with Crippen LogP contribution in [0.3, 0.4) is 0 Å². The van der Waals surface area contributed by atoms with Crippen LogP contribution in [0.4, 0.5) is 4.39 Å². The van der Waals surface area contributed by atoms with Gasteiger partial charge in [-0.1, -0.05) is 12.8 Å². The van der Waals surface area contributed by atoms with Crippen LogP contribution in [0.5, 0.6) is 0 Å². The molecule has 0 bridgehead atoms. The van der Waals surface area contributed by atoms with Gasteiger partial charge in [-0.2, -0.15) is 0 Å². The number of piperidine rings is 1. The first-order valence-corrected chi connectivity index (χ1v) is 9.87. The Labute approximate surface area is 154 Å². The molecule has 0 radical (unpaired) electrons. The number of rotatable bonds is 2. The van der Waals surface area contributed by atoms with Crippen molar-refractivity contribution in [1.82, 2.24) is 9.80 Å². The Hall–Kier alpha value is -1.91. The molecular weight excluding hydrogens is 331 g/mol. The molecule has 4 rings (SSSR count). The summed E-state index contributed by atoms with van der Waals surface area (Å²) in [5.41, 5.74) is 0.794. The number of halogens is 1. The Balaban J connectivity index is 1.51. The lowest BCUT2D eigenvalue weighted by molar-refractivity contribution is -0.148. The first-order chi connectivity index (χ1) is 12.5. The minimum absolute atomic E-state index is 0.0786. The van der Waals surface area contributed by atoms with Crippen molar-refractivity contribution >= 4 is 11.8 Å². The minimum atomic E-state index is -0.398. The van der Waals surface area contributed by atoms with E-state index in [2.05, 4.69) is 4.90 Å². The molecule has 0 aromatic heterocycles. The van der Waals surface area contributed by atoms with Gasteiger partial charge in [-0.3, -0.25) is 9.59 Å². The second-order valence-electron chi connectivity index (χ2n) is 8.26. The second-order valence-corrected chi connectivity index (χ2v) is 8.26. The molecule has 1 aromatic rings. The summed E-state index contributed by atoms with van der Waals surface area (Å²) in [5.74, 6) is -0.140. The summed E-state index contributed by atoms with van der Waals surface area (Å²) < 4.78 is 13.3. The van der Waals surface area contributed by atoms with E-state index in [1.54, 1.807) is 17.9 Å². The Morgan fingerprint density at radius 2 is 1.92 bits per heavy atom. The topological polar surface area (TPSA) is 40.6 Å². The quantitative estimate of drug-likeness (QED) is 0.811. The second kappa shape index (κ2) is 6.67. The van der Waals surface area contributed by atoms with E-state index in [1.807, 2.05) is 0 Å². The average molecular weight is 358 g/mol. The number of carbonyl (C=O) groups is 2. The van der Waals surface area contributed by atoms with Gasteiger partial charge in [0.25, 0.3) is 5.91 Å². The molecule has 2 heterocycles. The number of hydrogen-bond acceptors (Lipinski definition) is 2. The van der Waals surface area contributed by atoms with Crippen molar-refractivity contribution in [3.05, 3.63) is 35.1 Å². The Morgan fingerprint density at radius 3 is 2.65 bits per heavy atom. The van der Waals surface area contributed by atoms with E-state index in [4.69, 9.17) is 0 Å². The van der Waals surface area contributed by atoms with Crippen LogP contribution in [0.2, 0.25) is 0 Å². The van der Waals surface area contributed by atoms with Gasteiger partial charge in [0.05, 0.1) is 5.41 Å². The molecule has 2 amide bonds. The van der Waals surface area contributed by atoms with E-state index < -0.39 is 5.41 Å². The van der Waals surface area contributed by atoms with Crippen molar-refractivity contribution in [3.63, 3.8) is 0 Å². The highest BCUT2D eigenvalue weighted by molar-refractivity contribution is 5.96. The zero-order valence-electron chi connectivity index (χ0n) is 15.5. The van der Waals surface area contributed by atoms with Gasteiger partial charge in [-0.05, 0) is 62.8 Å². The highest BCUT2D eigenvalue weighted by Gasteiger charge is 2.50. The predicted molar refractivity (Wildman–Crippen MR) is 97.3 cm³/mol. The van der Waals surface area contributed by atoms with Crippen molar-refractivity contribution in [3.8, 4) is 0 Å². The highest BCUT2D eigenvalue weighted by atomic mass is 19.1. The fraction of sp³-hybridized carbons (Fsp3) is 0.619. The van der Waals surface area contributed by atoms with E-state index in [9.17, 15) is 14.0 Å². The number of benzene rings is 1. The third kappa shape index (κ3) is 2.91. The molecule has 1 atom stereocenters. The lowest BCUT2D eigenvalue weighted by Crippen LogP contribution is -2.53. The number of aryl methyl sites for hydroxylation is 1. The predicted octanol–water partition coefficient (Wildman–Crippen LogP) is 3.53. The monoisotopic (exact) mass is 358 g/mol. The minimum Gasteiger partial charge on any atom is -0.339 e. The molecule has 1 aromatic carbocycles. The number of amides is 2. The standard InChI is InChI=1S/C21H27FN2O2/c1-15-13-16(22)7-8-18(15)19(25)23-12-10-21(14-23)9-4-11-24(20(21)26)17-5-2-3-6-17/h7-8,13,17H,2-6,9-12,14H2,1H3/t21-/m1/s1. The molecule has 4 nitrogen and oxygen atoms in total. The molecule has 1 spiro atoms. The van der Waals surface area contributed by atoms with Gasteiger partial charge in [0, 0.05) is 31.2 Å². The zero-order chi connectivity index (χ0) is 18.3. The molecule has 2 saturated heterocycles. The van der Waals surface area contributed by atoms with Crippen LogP contribution in [-0.2, 0) is 4.79 Å². The normalized spacial score (nSPS) is 26.9. The van der Waals surface area contributed by atoms with Crippen LogP contribution in [0.25, 0.3) is 0 Å². The van der Waals surface area contributed by atoms with Crippen molar-refractivity contribution in [2.75, 3.05) is 19.6 Å². The van der Waals surface area contributed by atoms with E-state index in [1.165, 1.54) is 25.0 Å². The summed E-state index contributed by atoms with van der Waals surface area (Å²) in [6.45, 7) is 3.75. The van der Waals surface area contributed by atoms with Crippen molar-refractivity contribution in [1.29, 1.82) is 0 Å². The van der Waals surface area contributed by atoms with Gasteiger partial charge in [-0.25, -0.2) is 4.39 Å². The molecular formula is C21H27FN2O2. The molecule has 140 valence electrons. The third-order valence-electron chi connectivity index (χ3n) is 6.59. The van der Waals surface area contributed by atoms with Gasteiger partial charge in [0.15, 0.2) is 0 Å². The maximum Gasteiger partial charge on any atom is 0.254 e. The van der Waals surface area contributed by atoms with Crippen molar-refractivity contribution in [2.45, 2.75) is 57.9 Å². The summed E-state index contributed by atoms with van der Waals surface area (Å²) in [5, 5.41) is 0. The summed E-state index contributed by atoms with van der Waals surface area (Å²) in [6, 6.07) is 4.70. The molecule has 3 fully saturated rings. The largest absolute Gasteiger partial charge is 0.339 e. The summed E-state index contributed by atoms with van der Waals surface area (Å²) >= 11 is 0. The number of likely N-dealkylation sites (tertiary alicyclic amines) is 2. The molecule has 3 aliphatic rings. The number of nitrogens with zero attached hydrogens (tertiary/aromatic N) is 2. The van der Waals surface area contributed by atoms with Crippen molar-refractivity contribution < 1.29 is 14.0 Å². The van der Waals surface area contributed by atoms with Gasteiger partial charge in [-0.15, -0.1) is 0 Å². The van der Waals surface area contributed by atoms with E-state index >= 15 is 0 Å². The highest BCUT2D eigenvalue weighted by Crippen LogP contribution is 2.42. The Kier molecular flexibility index (Phi) is 4.49. The molecule has 1 aliphatic carbocycles. The first-order valence-electron chi connectivity index (χ1n) is 9.87. The lowest BCUT2D eigenvalue weighted by Gasteiger charge is -2.42. The van der Waals surface area contributed by atoms with Crippen LogP contribution in [0, 0.1) is 18.2 Å².